The maximum absolute atomic E-state index is 5.86. The number of hydrogen-bond donors (Lipinski definition) is 1. The summed E-state index contributed by atoms with van der Waals surface area (Å²) >= 11 is 0. The molecule has 3 atom stereocenters. The van der Waals surface area contributed by atoms with Crippen molar-refractivity contribution < 1.29 is 0 Å². The second-order valence-electron chi connectivity index (χ2n) is 4.78. The van der Waals surface area contributed by atoms with Crippen LogP contribution in [0, 0.1) is 5.92 Å². The molecule has 0 saturated carbocycles. The van der Waals surface area contributed by atoms with Crippen LogP contribution in [0.25, 0.3) is 0 Å². The van der Waals surface area contributed by atoms with Gasteiger partial charge in [-0.2, -0.15) is 0 Å². The molecule has 1 heterocycles. The molecule has 2 heteroatoms. The predicted octanol–water partition coefficient (Wildman–Crippen LogP) is 2.23. The highest BCUT2D eigenvalue weighted by molar-refractivity contribution is 4.84. The Morgan fingerprint density at radius 3 is 2.71 bits per heavy atom. The van der Waals surface area contributed by atoms with Crippen molar-refractivity contribution in [3.63, 3.8) is 0 Å². The summed E-state index contributed by atoms with van der Waals surface area (Å²) in [6, 6.07) is 1.35. The van der Waals surface area contributed by atoms with Crippen molar-refractivity contribution in [1.29, 1.82) is 0 Å². The van der Waals surface area contributed by atoms with Crippen LogP contribution >= 0.6 is 0 Å². The molecule has 1 aliphatic rings. The van der Waals surface area contributed by atoms with E-state index >= 15 is 0 Å². The first-order chi connectivity index (χ1) is 6.70. The van der Waals surface area contributed by atoms with E-state index in [9.17, 15) is 0 Å². The molecular formula is C12H26N2. The molecule has 84 valence electrons. The fraction of sp³-hybridized carbons (Fsp3) is 1.00. The zero-order chi connectivity index (χ0) is 10.6. The molecule has 0 aromatic carbocycles. The molecule has 3 unspecified atom stereocenters. The second kappa shape index (κ2) is 5.72. The first-order valence-electron chi connectivity index (χ1n) is 6.16. The van der Waals surface area contributed by atoms with Crippen LogP contribution < -0.4 is 5.73 Å². The van der Waals surface area contributed by atoms with Crippen LogP contribution in [0.2, 0.25) is 0 Å². The highest BCUT2D eigenvalue weighted by Gasteiger charge is 2.28. The summed E-state index contributed by atoms with van der Waals surface area (Å²) in [5.41, 5.74) is 5.86. The highest BCUT2D eigenvalue weighted by Crippen LogP contribution is 2.25. The van der Waals surface area contributed by atoms with E-state index < -0.39 is 0 Å². The van der Waals surface area contributed by atoms with Crippen LogP contribution in [0.15, 0.2) is 0 Å². The Kier molecular flexibility index (Phi) is 4.90. The number of nitrogens with zero attached hydrogens (tertiary/aromatic N) is 1. The molecule has 14 heavy (non-hydrogen) atoms. The number of nitrogens with two attached hydrogens (primary N) is 1. The van der Waals surface area contributed by atoms with Crippen molar-refractivity contribution in [3.8, 4) is 0 Å². The van der Waals surface area contributed by atoms with Gasteiger partial charge in [-0.3, -0.25) is 4.90 Å². The lowest BCUT2D eigenvalue weighted by Crippen LogP contribution is -2.50. The Morgan fingerprint density at radius 2 is 2.14 bits per heavy atom. The zero-order valence-electron chi connectivity index (χ0n) is 10.00. The van der Waals surface area contributed by atoms with E-state index in [0.717, 1.165) is 18.5 Å². The third-order valence-corrected chi connectivity index (χ3v) is 3.79. The maximum atomic E-state index is 5.86. The Morgan fingerprint density at radius 1 is 1.43 bits per heavy atom. The summed E-state index contributed by atoms with van der Waals surface area (Å²) < 4.78 is 0. The molecule has 1 saturated heterocycles. The van der Waals surface area contributed by atoms with Crippen LogP contribution in [0.5, 0.6) is 0 Å². The molecule has 0 aromatic rings. The number of likely N-dealkylation sites (tertiary alicyclic amines) is 1. The van der Waals surface area contributed by atoms with Crippen LogP contribution in [0.1, 0.15) is 46.5 Å². The normalized spacial score (nSPS) is 31.7. The fourth-order valence-electron chi connectivity index (χ4n) is 2.63. The smallest absolute Gasteiger partial charge is 0.0221 e. The predicted molar refractivity (Wildman–Crippen MR) is 62.3 cm³/mol. The van der Waals surface area contributed by atoms with Crippen LogP contribution in [0.3, 0.4) is 0 Å². The molecule has 2 N–H and O–H groups in total. The van der Waals surface area contributed by atoms with Crippen LogP contribution in [-0.4, -0.2) is 30.1 Å². The minimum Gasteiger partial charge on any atom is -0.329 e. The van der Waals surface area contributed by atoms with E-state index in [0.29, 0.717) is 6.04 Å². The molecule has 0 radical (unpaired) electrons. The summed E-state index contributed by atoms with van der Waals surface area (Å²) in [6.07, 6.45) is 5.25. The molecular weight excluding hydrogens is 172 g/mol. The first kappa shape index (κ1) is 12.0. The van der Waals surface area contributed by atoms with Gasteiger partial charge in [0.2, 0.25) is 0 Å². The lowest BCUT2D eigenvalue weighted by molar-refractivity contribution is 0.0671. The Bertz CT molecular complexity index is 158. The fourth-order valence-corrected chi connectivity index (χ4v) is 2.63. The van der Waals surface area contributed by atoms with Crippen LogP contribution in [0.4, 0.5) is 0 Å². The molecule has 1 rings (SSSR count). The summed E-state index contributed by atoms with van der Waals surface area (Å²) in [4.78, 5) is 2.64. The summed E-state index contributed by atoms with van der Waals surface area (Å²) in [5.74, 6) is 0.842. The SMILES string of the molecule is CCCC(CN)N1CCCC(C)C1C. The van der Waals surface area contributed by atoms with Gasteiger partial charge < -0.3 is 5.73 Å². The van der Waals surface area contributed by atoms with Gasteiger partial charge in [0.05, 0.1) is 0 Å². The highest BCUT2D eigenvalue weighted by atomic mass is 15.2. The topological polar surface area (TPSA) is 29.3 Å². The quantitative estimate of drug-likeness (QED) is 0.750. The summed E-state index contributed by atoms with van der Waals surface area (Å²) in [5, 5.41) is 0. The van der Waals surface area contributed by atoms with Gasteiger partial charge in [-0.25, -0.2) is 0 Å². The lowest BCUT2D eigenvalue weighted by atomic mass is 9.90. The zero-order valence-corrected chi connectivity index (χ0v) is 10.00. The van der Waals surface area contributed by atoms with E-state index in [2.05, 4.69) is 25.7 Å². The third-order valence-electron chi connectivity index (χ3n) is 3.79. The van der Waals surface area contributed by atoms with Gasteiger partial charge in [0.25, 0.3) is 0 Å². The minimum absolute atomic E-state index is 0.623. The molecule has 0 amide bonds. The standard InChI is InChI=1S/C12H26N2/c1-4-6-12(9-13)14-8-5-7-10(2)11(14)3/h10-12H,4-9,13H2,1-3H3. The molecule has 0 aromatic heterocycles. The summed E-state index contributed by atoms with van der Waals surface area (Å²) in [7, 11) is 0. The molecule has 0 bridgehead atoms. The molecule has 1 fully saturated rings. The van der Waals surface area contributed by atoms with Crippen molar-refractivity contribution >= 4 is 0 Å². The molecule has 0 aliphatic carbocycles. The van der Waals surface area contributed by atoms with Crippen LogP contribution in [-0.2, 0) is 0 Å². The largest absolute Gasteiger partial charge is 0.329 e. The van der Waals surface area contributed by atoms with Crippen molar-refractivity contribution in [2.24, 2.45) is 11.7 Å². The van der Waals surface area contributed by atoms with Gasteiger partial charge in [-0.15, -0.1) is 0 Å². The maximum Gasteiger partial charge on any atom is 0.0221 e. The van der Waals surface area contributed by atoms with Gasteiger partial charge in [-0.05, 0) is 38.6 Å². The number of hydrogen-bond acceptors (Lipinski definition) is 2. The van der Waals surface area contributed by atoms with E-state index in [1.165, 1.54) is 32.2 Å². The van der Waals surface area contributed by atoms with Crippen molar-refractivity contribution in [1.82, 2.24) is 4.90 Å². The van der Waals surface area contributed by atoms with Gasteiger partial charge in [0.15, 0.2) is 0 Å². The van der Waals surface area contributed by atoms with E-state index in [1.54, 1.807) is 0 Å². The van der Waals surface area contributed by atoms with Gasteiger partial charge >= 0.3 is 0 Å². The van der Waals surface area contributed by atoms with Gasteiger partial charge in [0.1, 0.15) is 0 Å². The molecule has 1 aliphatic heterocycles. The third kappa shape index (κ3) is 2.71. The Balaban J connectivity index is 2.54. The second-order valence-corrected chi connectivity index (χ2v) is 4.78. The number of piperidine rings is 1. The van der Waals surface area contributed by atoms with E-state index in [-0.39, 0.29) is 0 Å². The Hall–Kier alpha value is -0.0800. The number of rotatable bonds is 4. The van der Waals surface area contributed by atoms with E-state index in [1.807, 2.05) is 0 Å². The Labute approximate surface area is 88.8 Å². The van der Waals surface area contributed by atoms with Gasteiger partial charge in [-0.1, -0.05) is 20.3 Å². The first-order valence-corrected chi connectivity index (χ1v) is 6.16. The van der Waals surface area contributed by atoms with Gasteiger partial charge in [0, 0.05) is 18.6 Å². The average Bonchev–Trinajstić information content (AvgIpc) is 2.19. The average molecular weight is 198 g/mol. The van der Waals surface area contributed by atoms with Crippen molar-refractivity contribution in [3.05, 3.63) is 0 Å². The van der Waals surface area contributed by atoms with Crippen molar-refractivity contribution in [2.45, 2.75) is 58.5 Å². The van der Waals surface area contributed by atoms with Crippen molar-refractivity contribution in [2.75, 3.05) is 13.1 Å². The lowest BCUT2D eigenvalue weighted by Gasteiger charge is -2.42. The van der Waals surface area contributed by atoms with E-state index in [4.69, 9.17) is 5.73 Å². The minimum atomic E-state index is 0.623. The molecule has 2 nitrogen and oxygen atoms in total. The molecule has 0 spiro atoms. The monoisotopic (exact) mass is 198 g/mol. The summed E-state index contributed by atoms with van der Waals surface area (Å²) in [6.45, 7) is 9.07.